The molecule has 0 saturated carbocycles. The Morgan fingerprint density at radius 1 is 1.11 bits per heavy atom. The highest BCUT2D eigenvalue weighted by Crippen LogP contribution is 2.16. The number of guanidine groups is 1. The number of anilines is 1. The zero-order valence-corrected chi connectivity index (χ0v) is 16.2. The van der Waals surface area contributed by atoms with Crippen molar-refractivity contribution >= 4 is 11.9 Å². The van der Waals surface area contributed by atoms with Crippen molar-refractivity contribution in [2.24, 2.45) is 10.7 Å². The van der Waals surface area contributed by atoms with Gasteiger partial charge in [-0.1, -0.05) is 6.07 Å². The van der Waals surface area contributed by atoms with E-state index < -0.39 is 0 Å². The lowest BCUT2D eigenvalue weighted by atomic mass is 10.2. The van der Waals surface area contributed by atoms with E-state index in [1.54, 1.807) is 18.6 Å². The predicted molar refractivity (Wildman–Crippen MR) is 106 cm³/mol. The smallest absolute Gasteiger partial charge is 0.225 e. The van der Waals surface area contributed by atoms with Crippen molar-refractivity contribution in [2.75, 3.05) is 31.1 Å². The fourth-order valence-electron chi connectivity index (χ4n) is 2.74. The van der Waals surface area contributed by atoms with E-state index in [-0.39, 0.29) is 5.60 Å². The average molecular weight is 369 g/mol. The van der Waals surface area contributed by atoms with E-state index in [9.17, 15) is 0 Å². The Hall–Kier alpha value is -2.90. The summed E-state index contributed by atoms with van der Waals surface area (Å²) in [5.74, 6) is 1.93. The second-order valence-electron chi connectivity index (χ2n) is 7.42. The first kappa shape index (κ1) is 18.9. The summed E-state index contributed by atoms with van der Waals surface area (Å²) >= 11 is 0. The second-order valence-corrected chi connectivity index (χ2v) is 7.42. The lowest BCUT2D eigenvalue weighted by Gasteiger charge is -2.35. The minimum absolute atomic E-state index is 0.260. The number of aliphatic imine (C=N–C) groups is 1. The Labute approximate surface area is 160 Å². The van der Waals surface area contributed by atoms with Crippen LogP contribution in [0.1, 0.15) is 26.3 Å². The third-order valence-electron chi connectivity index (χ3n) is 4.07. The summed E-state index contributed by atoms with van der Waals surface area (Å²) in [7, 11) is 0. The standard InChI is InChI=1S/C19H27N7O/c1-19(2,3)27-16-6-5-15(13-23-16)14-24-17(20)25-9-11-26(12-10-25)18-21-7-4-8-22-18/h4-8,13H,9-12,14H2,1-3H3,(H2,20,24). The highest BCUT2D eigenvalue weighted by Gasteiger charge is 2.19. The quantitative estimate of drug-likeness (QED) is 0.647. The van der Waals surface area contributed by atoms with Crippen LogP contribution in [0, 0.1) is 0 Å². The molecule has 2 aromatic rings. The number of pyridine rings is 1. The highest BCUT2D eigenvalue weighted by molar-refractivity contribution is 5.78. The molecule has 0 aliphatic carbocycles. The maximum Gasteiger partial charge on any atom is 0.225 e. The van der Waals surface area contributed by atoms with E-state index in [4.69, 9.17) is 10.5 Å². The van der Waals surface area contributed by atoms with Gasteiger partial charge in [0.25, 0.3) is 0 Å². The largest absolute Gasteiger partial charge is 0.472 e. The second kappa shape index (κ2) is 8.20. The van der Waals surface area contributed by atoms with Crippen molar-refractivity contribution in [3.05, 3.63) is 42.4 Å². The Balaban J connectivity index is 1.51. The van der Waals surface area contributed by atoms with E-state index in [1.807, 2.05) is 39.0 Å². The zero-order chi connectivity index (χ0) is 19.3. The molecule has 3 rings (SSSR count). The summed E-state index contributed by atoms with van der Waals surface area (Å²) < 4.78 is 5.73. The monoisotopic (exact) mass is 369 g/mol. The van der Waals surface area contributed by atoms with Gasteiger partial charge in [-0.25, -0.2) is 19.9 Å². The van der Waals surface area contributed by atoms with Crippen LogP contribution >= 0.6 is 0 Å². The van der Waals surface area contributed by atoms with Crippen LogP contribution in [0.4, 0.5) is 5.95 Å². The molecule has 2 aromatic heterocycles. The lowest BCUT2D eigenvalue weighted by molar-refractivity contribution is 0.124. The molecule has 1 aliphatic rings. The van der Waals surface area contributed by atoms with Gasteiger partial charge in [0.15, 0.2) is 5.96 Å². The number of nitrogens with zero attached hydrogens (tertiary/aromatic N) is 6. The highest BCUT2D eigenvalue weighted by atomic mass is 16.5. The summed E-state index contributed by atoms with van der Waals surface area (Å²) in [5, 5.41) is 0. The molecule has 0 aromatic carbocycles. The number of nitrogens with two attached hydrogens (primary N) is 1. The molecule has 1 fully saturated rings. The molecule has 1 aliphatic heterocycles. The van der Waals surface area contributed by atoms with Gasteiger partial charge in [-0.15, -0.1) is 0 Å². The van der Waals surface area contributed by atoms with Crippen molar-refractivity contribution in [1.29, 1.82) is 0 Å². The summed E-state index contributed by atoms with van der Waals surface area (Å²) in [4.78, 5) is 21.7. The Bertz CT molecular complexity index is 748. The third kappa shape index (κ3) is 5.54. The van der Waals surface area contributed by atoms with Gasteiger partial charge in [-0.2, -0.15) is 0 Å². The van der Waals surface area contributed by atoms with E-state index >= 15 is 0 Å². The molecular weight excluding hydrogens is 342 g/mol. The van der Waals surface area contributed by atoms with Crippen molar-refractivity contribution < 1.29 is 4.74 Å². The molecule has 0 amide bonds. The van der Waals surface area contributed by atoms with Gasteiger partial charge in [0.05, 0.1) is 6.54 Å². The number of hydrogen-bond acceptors (Lipinski definition) is 6. The molecule has 0 unspecified atom stereocenters. The van der Waals surface area contributed by atoms with Gasteiger partial charge in [0.2, 0.25) is 11.8 Å². The SMILES string of the molecule is CC(C)(C)Oc1ccc(CN=C(N)N2CCN(c3ncccn3)CC2)cn1. The lowest BCUT2D eigenvalue weighted by Crippen LogP contribution is -2.51. The van der Waals surface area contributed by atoms with Crippen LogP contribution in [0.3, 0.4) is 0 Å². The van der Waals surface area contributed by atoms with Crippen LogP contribution in [-0.2, 0) is 6.54 Å². The molecule has 144 valence electrons. The van der Waals surface area contributed by atoms with Gasteiger partial charge < -0.3 is 20.3 Å². The van der Waals surface area contributed by atoms with E-state index in [2.05, 4.69) is 29.7 Å². The number of piperazine rings is 1. The van der Waals surface area contributed by atoms with Crippen LogP contribution in [0.25, 0.3) is 0 Å². The Morgan fingerprint density at radius 2 is 1.81 bits per heavy atom. The summed E-state index contributed by atoms with van der Waals surface area (Å²) in [6.45, 7) is 9.72. The van der Waals surface area contributed by atoms with Crippen molar-refractivity contribution in [3.8, 4) is 5.88 Å². The third-order valence-corrected chi connectivity index (χ3v) is 4.07. The van der Waals surface area contributed by atoms with E-state index in [0.717, 1.165) is 37.7 Å². The van der Waals surface area contributed by atoms with Crippen LogP contribution in [-0.4, -0.2) is 57.6 Å². The molecule has 0 spiro atoms. The molecular formula is C19H27N7O. The van der Waals surface area contributed by atoms with Crippen LogP contribution < -0.4 is 15.4 Å². The molecule has 27 heavy (non-hydrogen) atoms. The fraction of sp³-hybridized carbons (Fsp3) is 0.474. The normalized spacial score (nSPS) is 15.7. The minimum atomic E-state index is -0.260. The average Bonchev–Trinajstić information content (AvgIpc) is 2.67. The van der Waals surface area contributed by atoms with Gasteiger partial charge in [-0.05, 0) is 32.4 Å². The predicted octanol–water partition coefficient (Wildman–Crippen LogP) is 1.69. The Morgan fingerprint density at radius 3 is 2.41 bits per heavy atom. The molecule has 0 bridgehead atoms. The topological polar surface area (TPSA) is 92.8 Å². The molecule has 1 saturated heterocycles. The summed E-state index contributed by atoms with van der Waals surface area (Å²) in [6, 6.07) is 5.65. The van der Waals surface area contributed by atoms with Crippen LogP contribution in [0.5, 0.6) is 5.88 Å². The summed E-state index contributed by atoms with van der Waals surface area (Å²) in [5.41, 5.74) is 6.91. The molecule has 3 heterocycles. The first-order valence-electron chi connectivity index (χ1n) is 9.11. The maximum atomic E-state index is 6.17. The van der Waals surface area contributed by atoms with Gasteiger partial charge in [-0.3, -0.25) is 0 Å². The van der Waals surface area contributed by atoms with Gasteiger partial charge >= 0.3 is 0 Å². The number of hydrogen-bond donors (Lipinski definition) is 1. The zero-order valence-electron chi connectivity index (χ0n) is 16.2. The first-order valence-corrected chi connectivity index (χ1v) is 9.11. The molecule has 2 N–H and O–H groups in total. The van der Waals surface area contributed by atoms with E-state index in [0.29, 0.717) is 18.4 Å². The van der Waals surface area contributed by atoms with Crippen molar-refractivity contribution in [1.82, 2.24) is 19.9 Å². The van der Waals surface area contributed by atoms with E-state index in [1.165, 1.54) is 0 Å². The van der Waals surface area contributed by atoms with Crippen molar-refractivity contribution in [3.63, 3.8) is 0 Å². The van der Waals surface area contributed by atoms with Crippen LogP contribution in [0.15, 0.2) is 41.8 Å². The number of rotatable bonds is 4. The number of ether oxygens (including phenoxy) is 1. The molecule has 0 atom stereocenters. The molecule has 0 radical (unpaired) electrons. The fourth-order valence-corrected chi connectivity index (χ4v) is 2.74. The minimum Gasteiger partial charge on any atom is -0.472 e. The molecule has 8 heteroatoms. The first-order chi connectivity index (χ1) is 12.9. The maximum absolute atomic E-state index is 6.17. The number of aromatic nitrogens is 3. The van der Waals surface area contributed by atoms with Crippen LogP contribution in [0.2, 0.25) is 0 Å². The van der Waals surface area contributed by atoms with Gasteiger partial charge in [0, 0.05) is 50.8 Å². The molecule has 8 nitrogen and oxygen atoms in total. The Kier molecular flexibility index (Phi) is 5.73. The van der Waals surface area contributed by atoms with Crippen molar-refractivity contribution in [2.45, 2.75) is 32.9 Å². The summed E-state index contributed by atoms with van der Waals surface area (Å²) in [6.07, 6.45) is 5.30. The van der Waals surface area contributed by atoms with Gasteiger partial charge in [0.1, 0.15) is 5.60 Å².